The summed E-state index contributed by atoms with van der Waals surface area (Å²) >= 11 is 0. The summed E-state index contributed by atoms with van der Waals surface area (Å²) in [5.74, 6) is 0.417. The maximum atomic E-state index is 12.9. The first-order valence-electron chi connectivity index (χ1n) is 9.64. The van der Waals surface area contributed by atoms with Crippen molar-refractivity contribution in [2.75, 3.05) is 26.2 Å². The number of rotatable bonds is 6. The van der Waals surface area contributed by atoms with Gasteiger partial charge in [0.15, 0.2) is 0 Å². The molecule has 2 aromatic rings. The topological polar surface area (TPSA) is 70.6 Å². The lowest BCUT2D eigenvalue weighted by Crippen LogP contribution is -2.50. The van der Waals surface area contributed by atoms with Crippen LogP contribution in [0.4, 0.5) is 0 Å². The third-order valence-corrected chi connectivity index (χ3v) is 7.04. The van der Waals surface area contributed by atoms with E-state index in [0.29, 0.717) is 49.8 Å². The SMILES string of the molecule is CC(C)c1ccc(S(=O)(=O)N2CCN(C(=O)CCc3cccnc3)CC2)cc1. The normalized spacial score (nSPS) is 15.8. The fourth-order valence-corrected chi connectivity index (χ4v) is 4.73. The maximum absolute atomic E-state index is 12.9. The van der Waals surface area contributed by atoms with E-state index in [-0.39, 0.29) is 5.91 Å². The summed E-state index contributed by atoms with van der Waals surface area (Å²) in [5.41, 5.74) is 2.14. The Morgan fingerprint density at radius 1 is 1.07 bits per heavy atom. The molecule has 0 radical (unpaired) electrons. The second kappa shape index (κ2) is 8.84. The van der Waals surface area contributed by atoms with Crippen molar-refractivity contribution in [2.24, 2.45) is 0 Å². The molecule has 6 nitrogen and oxygen atoms in total. The Kier molecular flexibility index (Phi) is 6.46. The van der Waals surface area contributed by atoms with Crippen molar-refractivity contribution in [1.82, 2.24) is 14.2 Å². The van der Waals surface area contributed by atoms with Gasteiger partial charge >= 0.3 is 0 Å². The van der Waals surface area contributed by atoms with Crippen LogP contribution >= 0.6 is 0 Å². The van der Waals surface area contributed by atoms with Crippen molar-refractivity contribution in [3.05, 3.63) is 59.9 Å². The lowest BCUT2D eigenvalue weighted by atomic mass is 10.0. The van der Waals surface area contributed by atoms with Gasteiger partial charge in [0.1, 0.15) is 0 Å². The molecule has 0 saturated carbocycles. The van der Waals surface area contributed by atoms with Crippen molar-refractivity contribution in [3.8, 4) is 0 Å². The Hall–Kier alpha value is -2.25. The number of hydrogen-bond donors (Lipinski definition) is 0. The van der Waals surface area contributed by atoms with Crippen molar-refractivity contribution in [1.29, 1.82) is 0 Å². The molecule has 0 aliphatic carbocycles. The average molecular weight is 402 g/mol. The summed E-state index contributed by atoms with van der Waals surface area (Å²) in [5, 5.41) is 0. The molecule has 0 N–H and O–H groups in total. The third kappa shape index (κ3) is 4.77. The predicted octanol–water partition coefficient (Wildman–Crippen LogP) is 2.67. The highest BCUT2D eigenvalue weighted by molar-refractivity contribution is 7.89. The number of benzene rings is 1. The average Bonchev–Trinajstić information content (AvgIpc) is 2.73. The van der Waals surface area contributed by atoms with E-state index in [1.165, 1.54) is 4.31 Å². The lowest BCUT2D eigenvalue weighted by molar-refractivity contribution is -0.132. The number of piperazine rings is 1. The summed E-state index contributed by atoms with van der Waals surface area (Å²) in [4.78, 5) is 18.6. The molecule has 1 fully saturated rings. The Morgan fingerprint density at radius 2 is 1.75 bits per heavy atom. The van der Waals surface area contributed by atoms with Crippen LogP contribution in [0.15, 0.2) is 53.7 Å². The van der Waals surface area contributed by atoms with Crippen LogP contribution in [0, 0.1) is 0 Å². The number of aryl methyl sites for hydroxylation is 1. The van der Waals surface area contributed by atoms with Gasteiger partial charge in [0.2, 0.25) is 15.9 Å². The van der Waals surface area contributed by atoms with Gasteiger partial charge in [-0.15, -0.1) is 0 Å². The fourth-order valence-electron chi connectivity index (χ4n) is 3.31. The first kappa shape index (κ1) is 20.5. The highest BCUT2D eigenvalue weighted by Crippen LogP contribution is 2.21. The Labute approximate surface area is 167 Å². The van der Waals surface area contributed by atoms with E-state index in [0.717, 1.165) is 11.1 Å². The molecule has 0 spiro atoms. The van der Waals surface area contributed by atoms with Gasteiger partial charge in [-0.05, 0) is 41.7 Å². The summed E-state index contributed by atoms with van der Waals surface area (Å²) in [6, 6.07) is 10.9. The van der Waals surface area contributed by atoms with Crippen LogP contribution in [0.1, 0.15) is 37.3 Å². The molecular weight excluding hydrogens is 374 g/mol. The number of nitrogens with zero attached hydrogens (tertiary/aromatic N) is 3. The largest absolute Gasteiger partial charge is 0.340 e. The van der Waals surface area contributed by atoms with E-state index in [4.69, 9.17) is 0 Å². The van der Waals surface area contributed by atoms with Gasteiger partial charge in [-0.3, -0.25) is 9.78 Å². The smallest absolute Gasteiger partial charge is 0.243 e. The zero-order chi connectivity index (χ0) is 20.1. The van der Waals surface area contributed by atoms with Crippen LogP contribution in [-0.2, 0) is 21.2 Å². The molecule has 0 bridgehead atoms. The van der Waals surface area contributed by atoms with E-state index < -0.39 is 10.0 Å². The standard InChI is InChI=1S/C21H27N3O3S/c1-17(2)19-6-8-20(9-7-19)28(26,27)24-14-12-23(13-15-24)21(25)10-5-18-4-3-11-22-16-18/h3-4,6-9,11,16-17H,5,10,12-15H2,1-2H3. The van der Waals surface area contributed by atoms with Crippen molar-refractivity contribution < 1.29 is 13.2 Å². The molecule has 28 heavy (non-hydrogen) atoms. The highest BCUT2D eigenvalue weighted by Gasteiger charge is 2.29. The first-order chi connectivity index (χ1) is 13.4. The van der Waals surface area contributed by atoms with Crippen LogP contribution in [-0.4, -0.2) is 54.7 Å². The van der Waals surface area contributed by atoms with Crippen LogP contribution in [0.2, 0.25) is 0 Å². The minimum atomic E-state index is -3.52. The number of hydrogen-bond acceptors (Lipinski definition) is 4. The highest BCUT2D eigenvalue weighted by atomic mass is 32.2. The number of amides is 1. The van der Waals surface area contributed by atoms with Crippen molar-refractivity contribution in [3.63, 3.8) is 0 Å². The number of carbonyl (C=O) groups is 1. The van der Waals surface area contributed by atoms with E-state index in [2.05, 4.69) is 18.8 Å². The third-order valence-electron chi connectivity index (χ3n) is 5.13. The number of sulfonamides is 1. The van der Waals surface area contributed by atoms with Gasteiger partial charge in [-0.25, -0.2) is 8.42 Å². The van der Waals surface area contributed by atoms with Gasteiger partial charge < -0.3 is 4.90 Å². The number of carbonyl (C=O) groups excluding carboxylic acids is 1. The quantitative estimate of drug-likeness (QED) is 0.746. The number of aromatic nitrogens is 1. The molecule has 1 amide bonds. The molecule has 0 atom stereocenters. The van der Waals surface area contributed by atoms with Gasteiger partial charge in [-0.1, -0.05) is 32.0 Å². The van der Waals surface area contributed by atoms with Crippen LogP contribution < -0.4 is 0 Å². The molecule has 150 valence electrons. The summed E-state index contributed by atoms with van der Waals surface area (Å²) in [7, 11) is -3.52. The predicted molar refractivity (Wildman–Crippen MR) is 108 cm³/mol. The minimum absolute atomic E-state index is 0.0576. The van der Waals surface area contributed by atoms with Crippen molar-refractivity contribution >= 4 is 15.9 Å². The Bertz CT molecular complexity index is 888. The lowest BCUT2D eigenvalue weighted by Gasteiger charge is -2.34. The monoisotopic (exact) mass is 401 g/mol. The van der Waals surface area contributed by atoms with Gasteiger partial charge in [0.25, 0.3) is 0 Å². The zero-order valence-electron chi connectivity index (χ0n) is 16.4. The molecule has 1 aromatic heterocycles. The van der Waals surface area contributed by atoms with E-state index in [1.54, 1.807) is 29.4 Å². The minimum Gasteiger partial charge on any atom is -0.340 e. The van der Waals surface area contributed by atoms with Crippen LogP contribution in [0.3, 0.4) is 0 Å². The van der Waals surface area contributed by atoms with Crippen LogP contribution in [0.25, 0.3) is 0 Å². The molecular formula is C21H27N3O3S. The molecule has 1 aliphatic heterocycles. The summed E-state index contributed by atoms with van der Waals surface area (Å²) in [6.45, 7) is 5.66. The van der Waals surface area contributed by atoms with Gasteiger partial charge in [0.05, 0.1) is 4.90 Å². The molecule has 1 saturated heterocycles. The van der Waals surface area contributed by atoms with Gasteiger partial charge in [0, 0.05) is 45.0 Å². The summed E-state index contributed by atoms with van der Waals surface area (Å²) < 4.78 is 27.2. The molecule has 1 aliphatic rings. The summed E-state index contributed by atoms with van der Waals surface area (Å²) in [6.07, 6.45) is 4.53. The van der Waals surface area contributed by atoms with E-state index in [9.17, 15) is 13.2 Å². The molecule has 0 unspecified atom stereocenters. The van der Waals surface area contributed by atoms with Gasteiger partial charge in [-0.2, -0.15) is 4.31 Å². The second-order valence-electron chi connectivity index (χ2n) is 7.37. The van der Waals surface area contributed by atoms with Crippen molar-refractivity contribution in [2.45, 2.75) is 37.5 Å². The molecule has 2 heterocycles. The van der Waals surface area contributed by atoms with Crippen LogP contribution in [0.5, 0.6) is 0 Å². The second-order valence-corrected chi connectivity index (χ2v) is 9.31. The van der Waals surface area contributed by atoms with E-state index >= 15 is 0 Å². The fraction of sp³-hybridized carbons (Fsp3) is 0.429. The zero-order valence-corrected chi connectivity index (χ0v) is 17.2. The first-order valence-corrected chi connectivity index (χ1v) is 11.1. The van der Waals surface area contributed by atoms with E-state index in [1.807, 2.05) is 24.3 Å². The number of pyridine rings is 1. The Morgan fingerprint density at radius 3 is 2.32 bits per heavy atom. The maximum Gasteiger partial charge on any atom is 0.243 e. The molecule has 1 aromatic carbocycles. The molecule has 3 rings (SSSR count). The Balaban J connectivity index is 1.55. The molecule has 7 heteroatoms.